The summed E-state index contributed by atoms with van der Waals surface area (Å²) in [5.41, 5.74) is 5.72. The number of rotatable bonds is 4. The van der Waals surface area contributed by atoms with Gasteiger partial charge in [-0.25, -0.2) is 0 Å². The van der Waals surface area contributed by atoms with Crippen molar-refractivity contribution < 1.29 is 9.63 Å². The highest BCUT2D eigenvalue weighted by molar-refractivity contribution is 5.01. The molecule has 5 heteroatoms. The third-order valence-electron chi connectivity index (χ3n) is 2.69. The van der Waals surface area contributed by atoms with Gasteiger partial charge in [0, 0.05) is 12.5 Å². The van der Waals surface area contributed by atoms with Crippen molar-refractivity contribution in [3.63, 3.8) is 0 Å². The summed E-state index contributed by atoms with van der Waals surface area (Å²) in [4.78, 5) is 4.24. The van der Waals surface area contributed by atoms with Crippen molar-refractivity contribution in [1.29, 1.82) is 0 Å². The molecule has 0 spiro atoms. The predicted molar refractivity (Wildman–Crippen MR) is 49.5 cm³/mol. The molecule has 1 unspecified atom stereocenters. The zero-order valence-corrected chi connectivity index (χ0v) is 8.02. The summed E-state index contributed by atoms with van der Waals surface area (Å²) in [6.45, 7) is 0.0440. The van der Waals surface area contributed by atoms with Crippen molar-refractivity contribution in [2.75, 3.05) is 6.61 Å². The molecule has 1 aromatic rings. The SMILES string of the molecule is NC(CCO)c1nc(C2CCC2)no1. The first-order valence-corrected chi connectivity index (χ1v) is 5.01. The van der Waals surface area contributed by atoms with E-state index in [1.807, 2.05) is 0 Å². The fourth-order valence-electron chi connectivity index (χ4n) is 1.49. The van der Waals surface area contributed by atoms with Crippen LogP contribution in [0.2, 0.25) is 0 Å². The van der Waals surface area contributed by atoms with Crippen LogP contribution in [0, 0.1) is 0 Å². The molecule has 1 heterocycles. The third kappa shape index (κ3) is 1.78. The molecule has 0 saturated heterocycles. The van der Waals surface area contributed by atoms with E-state index < -0.39 is 0 Å². The average Bonchev–Trinajstić information content (AvgIpc) is 2.50. The number of hydrogen-bond donors (Lipinski definition) is 2. The Kier molecular flexibility index (Phi) is 2.79. The maximum Gasteiger partial charge on any atom is 0.243 e. The number of nitrogens with zero attached hydrogens (tertiary/aromatic N) is 2. The average molecular weight is 197 g/mol. The molecule has 2 rings (SSSR count). The topological polar surface area (TPSA) is 85.2 Å². The second-order valence-electron chi connectivity index (χ2n) is 3.74. The van der Waals surface area contributed by atoms with Gasteiger partial charge in [0.2, 0.25) is 5.89 Å². The van der Waals surface area contributed by atoms with E-state index in [-0.39, 0.29) is 12.6 Å². The zero-order valence-electron chi connectivity index (χ0n) is 8.02. The van der Waals surface area contributed by atoms with Crippen LogP contribution in [0.1, 0.15) is 49.4 Å². The summed E-state index contributed by atoms with van der Waals surface area (Å²) in [7, 11) is 0. The molecule has 1 aliphatic carbocycles. The van der Waals surface area contributed by atoms with Crippen molar-refractivity contribution >= 4 is 0 Å². The standard InChI is InChI=1S/C9H15N3O2/c10-7(4-5-13)9-11-8(12-14-9)6-2-1-3-6/h6-7,13H,1-5,10H2. The van der Waals surface area contributed by atoms with Crippen LogP contribution in [0.25, 0.3) is 0 Å². The minimum absolute atomic E-state index is 0.0440. The summed E-state index contributed by atoms with van der Waals surface area (Å²) in [5.74, 6) is 1.69. The fourth-order valence-corrected chi connectivity index (χ4v) is 1.49. The Morgan fingerprint density at radius 2 is 2.36 bits per heavy atom. The maximum absolute atomic E-state index is 8.70. The quantitative estimate of drug-likeness (QED) is 0.742. The number of nitrogens with two attached hydrogens (primary N) is 1. The summed E-state index contributed by atoms with van der Waals surface area (Å²) in [5, 5.41) is 12.6. The van der Waals surface area contributed by atoms with Crippen LogP contribution in [-0.2, 0) is 0 Å². The zero-order chi connectivity index (χ0) is 9.97. The molecule has 1 saturated carbocycles. The molecule has 0 amide bonds. The molecule has 0 radical (unpaired) electrons. The molecule has 1 aromatic heterocycles. The van der Waals surface area contributed by atoms with Crippen molar-refractivity contribution in [2.24, 2.45) is 5.73 Å². The van der Waals surface area contributed by atoms with Gasteiger partial charge >= 0.3 is 0 Å². The molecule has 1 atom stereocenters. The lowest BCUT2D eigenvalue weighted by Crippen LogP contribution is -2.14. The Hall–Kier alpha value is -0.940. The Morgan fingerprint density at radius 3 is 2.93 bits per heavy atom. The number of aliphatic hydroxyl groups is 1. The minimum atomic E-state index is -0.332. The van der Waals surface area contributed by atoms with Crippen LogP contribution in [0.3, 0.4) is 0 Å². The van der Waals surface area contributed by atoms with Crippen LogP contribution in [-0.4, -0.2) is 21.9 Å². The minimum Gasteiger partial charge on any atom is -0.396 e. The highest BCUT2D eigenvalue weighted by Crippen LogP contribution is 2.34. The van der Waals surface area contributed by atoms with E-state index in [0.29, 0.717) is 18.2 Å². The van der Waals surface area contributed by atoms with Gasteiger partial charge in [-0.1, -0.05) is 11.6 Å². The van der Waals surface area contributed by atoms with Gasteiger partial charge in [0.05, 0.1) is 6.04 Å². The van der Waals surface area contributed by atoms with Crippen LogP contribution < -0.4 is 5.73 Å². The lowest BCUT2D eigenvalue weighted by Gasteiger charge is -2.21. The molecule has 1 fully saturated rings. The smallest absolute Gasteiger partial charge is 0.243 e. The molecule has 0 bridgehead atoms. The fraction of sp³-hybridized carbons (Fsp3) is 0.778. The molecule has 14 heavy (non-hydrogen) atoms. The van der Waals surface area contributed by atoms with Crippen molar-refractivity contribution in [1.82, 2.24) is 10.1 Å². The highest BCUT2D eigenvalue weighted by Gasteiger charge is 2.25. The first-order valence-electron chi connectivity index (χ1n) is 5.01. The third-order valence-corrected chi connectivity index (χ3v) is 2.69. The first kappa shape index (κ1) is 9.61. The molecule has 3 N–H and O–H groups in total. The number of aliphatic hydroxyl groups excluding tert-OH is 1. The second kappa shape index (κ2) is 4.06. The molecule has 5 nitrogen and oxygen atoms in total. The van der Waals surface area contributed by atoms with Gasteiger partial charge in [-0.05, 0) is 19.3 Å². The van der Waals surface area contributed by atoms with Gasteiger partial charge in [0.15, 0.2) is 5.82 Å². The molecule has 0 aromatic carbocycles. The Labute approximate surface area is 82.3 Å². The first-order chi connectivity index (χ1) is 6.81. The molecule has 1 aliphatic rings. The van der Waals surface area contributed by atoms with E-state index in [1.54, 1.807) is 0 Å². The van der Waals surface area contributed by atoms with E-state index in [0.717, 1.165) is 18.7 Å². The van der Waals surface area contributed by atoms with Gasteiger partial charge in [0.1, 0.15) is 0 Å². The van der Waals surface area contributed by atoms with E-state index in [4.69, 9.17) is 15.4 Å². The Morgan fingerprint density at radius 1 is 1.57 bits per heavy atom. The van der Waals surface area contributed by atoms with Crippen molar-refractivity contribution in [3.8, 4) is 0 Å². The molecule has 0 aliphatic heterocycles. The normalized spacial score (nSPS) is 19.3. The lowest BCUT2D eigenvalue weighted by molar-refractivity contribution is 0.258. The predicted octanol–water partition coefficient (Wildman–Crippen LogP) is 0.719. The maximum atomic E-state index is 8.70. The highest BCUT2D eigenvalue weighted by atomic mass is 16.5. The van der Waals surface area contributed by atoms with Crippen LogP contribution >= 0.6 is 0 Å². The Balaban J connectivity index is 2.01. The van der Waals surface area contributed by atoms with Gasteiger partial charge in [0.25, 0.3) is 0 Å². The van der Waals surface area contributed by atoms with Crippen LogP contribution in [0.5, 0.6) is 0 Å². The van der Waals surface area contributed by atoms with Gasteiger partial charge in [-0.15, -0.1) is 0 Å². The monoisotopic (exact) mass is 197 g/mol. The van der Waals surface area contributed by atoms with Crippen molar-refractivity contribution in [2.45, 2.75) is 37.6 Å². The van der Waals surface area contributed by atoms with Crippen molar-refractivity contribution in [3.05, 3.63) is 11.7 Å². The summed E-state index contributed by atoms with van der Waals surface area (Å²) in [6.07, 6.45) is 4.01. The van der Waals surface area contributed by atoms with Crippen LogP contribution in [0.4, 0.5) is 0 Å². The molecular formula is C9H15N3O2. The van der Waals surface area contributed by atoms with Gasteiger partial charge in [-0.3, -0.25) is 0 Å². The number of aromatic nitrogens is 2. The molecule has 78 valence electrons. The van der Waals surface area contributed by atoms with E-state index in [1.165, 1.54) is 6.42 Å². The van der Waals surface area contributed by atoms with Gasteiger partial charge < -0.3 is 15.4 Å². The summed E-state index contributed by atoms with van der Waals surface area (Å²) in [6, 6.07) is -0.332. The van der Waals surface area contributed by atoms with Gasteiger partial charge in [-0.2, -0.15) is 4.98 Å². The van der Waals surface area contributed by atoms with Crippen LogP contribution in [0.15, 0.2) is 4.52 Å². The second-order valence-corrected chi connectivity index (χ2v) is 3.74. The van der Waals surface area contributed by atoms with E-state index in [9.17, 15) is 0 Å². The van der Waals surface area contributed by atoms with E-state index >= 15 is 0 Å². The van der Waals surface area contributed by atoms with E-state index in [2.05, 4.69) is 10.1 Å². The largest absolute Gasteiger partial charge is 0.396 e. The lowest BCUT2D eigenvalue weighted by atomic mass is 9.85. The summed E-state index contributed by atoms with van der Waals surface area (Å²) < 4.78 is 5.04. The summed E-state index contributed by atoms with van der Waals surface area (Å²) >= 11 is 0. The Bertz CT molecular complexity index is 296. The number of hydrogen-bond acceptors (Lipinski definition) is 5. The molecular weight excluding hydrogens is 182 g/mol.